The molecule has 0 aromatic heterocycles. The zero-order chi connectivity index (χ0) is 15.5. The van der Waals surface area contributed by atoms with Gasteiger partial charge in [0.25, 0.3) is 0 Å². The third-order valence-corrected chi connectivity index (χ3v) is 4.78. The second-order valence-corrected chi connectivity index (χ2v) is 7.19. The summed E-state index contributed by atoms with van der Waals surface area (Å²) in [5, 5.41) is 8.54. The Morgan fingerprint density at radius 2 is 1.86 bits per heavy atom. The molecule has 0 radical (unpaired) electrons. The Morgan fingerprint density at radius 3 is 2.38 bits per heavy atom. The minimum absolute atomic E-state index is 0.380. The predicted molar refractivity (Wildman–Crippen MR) is 82.1 cm³/mol. The maximum absolute atomic E-state index is 11.5. The Morgan fingerprint density at radius 1 is 1.29 bits per heavy atom. The third kappa shape index (κ3) is 4.63. The molecular weight excluding hydrogens is 292 g/mol. The molecule has 2 N–H and O–H groups in total. The number of carboxylic acids is 1. The molecule has 1 aliphatic rings. The minimum atomic E-state index is -3.84. The molecule has 1 aromatic carbocycles. The van der Waals surface area contributed by atoms with Crippen LogP contribution in [0.5, 0.6) is 0 Å². The second kappa shape index (κ2) is 6.34. The van der Waals surface area contributed by atoms with Crippen LogP contribution in [-0.4, -0.2) is 38.3 Å². The van der Waals surface area contributed by atoms with Crippen molar-refractivity contribution >= 4 is 27.4 Å². The van der Waals surface area contributed by atoms with E-state index in [1.165, 1.54) is 0 Å². The number of hydrogen-bond donors (Lipinski definition) is 2. The lowest BCUT2D eigenvalue weighted by atomic mass is 9.99. The van der Waals surface area contributed by atoms with Gasteiger partial charge in [0.05, 0.1) is 0 Å². The topological polar surface area (TPSA) is 86.7 Å². The Hall–Kier alpha value is -1.76. The normalized spacial score (nSPS) is 16.7. The number of anilines is 2. The highest BCUT2D eigenvalue weighted by atomic mass is 32.2. The number of aliphatic carboxylic acids is 1. The van der Waals surface area contributed by atoms with E-state index in [1.807, 2.05) is 12.1 Å². The van der Waals surface area contributed by atoms with E-state index in [0.717, 1.165) is 37.5 Å². The van der Waals surface area contributed by atoms with Gasteiger partial charge in [-0.05, 0) is 43.0 Å². The minimum Gasteiger partial charge on any atom is -0.480 e. The van der Waals surface area contributed by atoms with Gasteiger partial charge in [-0.15, -0.1) is 0 Å². The second-order valence-electron chi connectivity index (χ2n) is 5.47. The maximum Gasteiger partial charge on any atom is 0.320 e. The molecule has 1 saturated heterocycles. The fraction of sp³-hybridized carbons (Fsp3) is 0.500. The van der Waals surface area contributed by atoms with Gasteiger partial charge >= 0.3 is 5.97 Å². The molecule has 0 spiro atoms. The maximum atomic E-state index is 11.5. The average Bonchev–Trinajstić information content (AvgIpc) is 2.38. The van der Waals surface area contributed by atoms with Gasteiger partial charge in [0.1, 0.15) is 0 Å². The quantitative estimate of drug-likeness (QED) is 0.865. The van der Waals surface area contributed by atoms with E-state index < -0.39 is 21.7 Å². The first-order valence-corrected chi connectivity index (χ1v) is 8.58. The Kier molecular flexibility index (Phi) is 4.72. The van der Waals surface area contributed by atoms with Crippen LogP contribution >= 0.6 is 0 Å². The van der Waals surface area contributed by atoms with Crippen molar-refractivity contribution in [2.24, 2.45) is 5.92 Å². The van der Waals surface area contributed by atoms with Crippen LogP contribution in [0.15, 0.2) is 24.3 Å². The number of benzene rings is 1. The molecular formula is C14H20N2O4S. The molecule has 1 heterocycles. The largest absolute Gasteiger partial charge is 0.480 e. The average molecular weight is 312 g/mol. The smallest absolute Gasteiger partial charge is 0.320 e. The van der Waals surface area contributed by atoms with Gasteiger partial charge in [-0.2, -0.15) is 0 Å². The van der Waals surface area contributed by atoms with Crippen molar-refractivity contribution in [3.8, 4) is 0 Å². The van der Waals surface area contributed by atoms with E-state index in [9.17, 15) is 13.2 Å². The summed E-state index contributed by atoms with van der Waals surface area (Å²) in [7, 11) is -3.84. The van der Waals surface area contributed by atoms with Crippen molar-refractivity contribution in [1.29, 1.82) is 0 Å². The van der Waals surface area contributed by atoms with Crippen LogP contribution in [0.1, 0.15) is 19.8 Å². The molecule has 1 fully saturated rings. The molecule has 0 saturated carbocycles. The van der Waals surface area contributed by atoms with Crippen LogP contribution in [0, 0.1) is 5.92 Å². The molecule has 21 heavy (non-hydrogen) atoms. The summed E-state index contributed by atoms with van der Waals surface area (Å²) in [5.41, 5.74) is 1.44. The molecule has 0 bridgehead atoms. The van der Waals surface area contributed by atoms with E-state index in [2.05, 4.69) is 16.5 Å². The van der Waals surface area contributed by atoms with Gasteiger partial charge in [-0.1, -0.05) is 6.92 Å². The van der Waals surface area contributed by atoms with Crippen molar-refractivity contribution in [3.63, 3.8) is 0 Å². The number of carboxylic acid groups (broad SMARTS) is 1. The van der Waals surface area contributed by atoms with E-state index >= 15 is 0 Å². The van der Waals surface area contributed by atoms with Gasteiger partial charge in [0.15, 0.2) is 5.75 Å². The summed E-state index contributed by atoms with van der Waals surface area (Å²) in [5.74, 6) is -1.55. The van der Waals surface area contributed by atoms with Crippen molar-refractivity contribution in [1.82, 2.24) is 0 Å². The zero-order valence-electron chi connectivity index (χ0n) is 11.9. The van der Waals surface area contributed by atoms with E-state index in [1.54, 1.807) is 12.1 Å². The van der Waals surface area contributed by atoms with E-state index in [0.29, 0.717) is 5.69 Å². The molecule has 0 unspecified atom stereocenters. The highest BCUT2D eigenvalue weighted by molar-refractivity contribution is 7.93. The fourth-order valence-electron chi connectivity index (χ4n) is 2.39. The summed E-state index contributed by atoms with van der Waals surface area (Å²) in [4.78, 5) is 12.7. The van der Waals surface area contributed by atoms with Crippen molar-refractivity contribution in [2.75, 3.05) is 28.5 Å². The first-order valence-electron chi connectivity index (χ1n) is 6.93. The molecule has 6 nitrogen and oxygen atoms in total. The molecule has 116 valence electrons. The summed E-state index contributed by atoms with van der Waals surface area (Å²) >= 11 is 0. The molecule has 7 heteroatoms. The van der Waals surface area contributed by atoms with Crippen LogP contribution in [0.25, 0.3) is 0 Å². The number of piperidine rings is 1. The lowest BCUT2D eigenvalue weighted by Gasteiger charge is -2.32. The summed E-state index contributed by atoms with van der Waals surface area (Å²) in [6.45, 7) is 4.26. The van der Waals surface area contributed by atoms with Crippen LogP contribution < -0.4 is 9.62 Å². The Labute approximate surface area is 124 Å². The predicted octanol–water partition coefficient (Wildman–Crippen LogP) is 1.75. The Bertz CT molecular complexity index is 590. The highest BCUT2D eigenvalue weighted by Crippen LogP contribution is 2.24. The van der Waals surface area contributed by atoms with Crippen LogP contribution in [0.4, 0.5) is 11.4 Å². The van der Waals surface area contributed by atoms with Crippen molar-refractivity contribution in [2.45, 2.75) is 19.8 Å². The summed E-state index contributed by atoms with van der Waals surface area (Å²) < 4.78 is 25.3. The summed E-state index contributed by atoms with van der Waals surface area (Å²) in [6, 6.07) is 7.03. The molecule has 1 aliphatic heterocycles. The highest BCUT2D eigenvalue weighted by Gasteiger charge is 2.17. The van der Waals surface area contributed by atoms with E-state index in [4.69, 9.17) is 5.11 Å². The molecule has 2 rings (SSSR count). The number of hydrogen-bond acceptors (Lipinski definition) is 4. The number of rotatable bonds is 5. The number of nitrogens with one attached hydrogen (secondary N) is 1. The third-order valence-electron chi connectivity index (χ3n) is 3.60. The number of sulfonamides is 1. The van der Waals surface area contributed by atoms with Gasteiger partial charge < -0.3 is 10.0 Å². The van der Waals surface area contributed by atoms with Crippen molar-refractivity contribution < 1.29 is 18.3 Å². The molecule has 0 amide bonds. The van der Waals surface area contributed by atoms with Gasteiger partial charge in [-0.3, -0.25) is 9.52 Å². The zero-order valence-corrected chi connectivity index (χ0v) is 12.8. The monoisotopic (exact) mass is 312 g/mol. The fourth-order valence-corrected chi connectivity index (χ4v) is 3.28. The number of nitrogens with zero attached hydrogens (tertiary/aromatic N) is 1. The van der Waals surface area contributed by atoms with Crippen LogP contribution in [-0.2, 0) is 14.8 Å². The lowest BCUT2D eigenvalue weighted by molar-refractivity contribution is -0.134. The standard InChI is InChI=1S/C14H20N2O4S/c1-11-6-8-16(9-7-11)13-4-2-12(3-5-13)15-21(19,20)10-14(17)18/h2-5,11,15H,6-10H2,1H3,(H,17,18). The van der Waals surface area contributed by atoms with Crippen molar-refractivity contribution in [3.05, 3.63) is 24.3 Å². The Balaban J connectivity index is 2.00. The number of carbonyl (C=O) groups is 1. The van der Waals surface area contributed by atoms with Crippen LogP contribution in [0.2, 0.25) is 0 Å². The molecule has 0 aliphatic carbocycles. The summed E-state index contributed by atoms with van der Waals surface area (Å²) in [6.07, 6.45) is 2.32. The van der Waals surface area contributed by atoms with Gasteiger partial charge in [-0.25, -0.2) is 8.42 Å². The molecule has 1 aromatic rings. The first kappa shape index (κ1) is 15.6. The molecule has 0 atom stereocenters. The van der Waals surface area contributed by atoms with Gasteiger partial charge in [0.2, 0.25) is 10.0 Å². The SMILES string of the molecule is CC1CCN(c2ccc(NS(=O)(=O)CC(=O)O)cc2)CC1. The first-order chi connectivity index (χ1) is 9.85. The van der Waals surface area contributed by atoms with Gasteiger partial charge in [0, 0.05) is 24.5 Å². The van der Waals surface area contributed by atoms with Crippen LogP contribution in [0.3, 0.4) is 0 Å². The van der Waals surface area contributed by atoms with E-state index in [-0.39, 0.29) is 0 Å². The lowest BCUT2D eigenvalue weighted by Crippen LogP contribution is -2.32.